The number of fused-ring (bicyclic) bond motifs is 1. The first-order chi connectivity index (χ1) is 13.2. The summed E-state index contributed by atoms with van der Waals surface area (Å²) in [4.78, 5) is 22.7. The number of nitrogens with zero attached hydrogens (tertiary/aromatic N) is 5. The van der Waals surface area contributed by atoms with Gasteiger partial charge < -0.3 is 15.3 Å². The lowest BCUT2D eigenvalue weighted by Gasteiger charge is -2.43. The standard InChI is InChI=1S/C19H30N6O2S/c1-6-12-11-20-25-15(12)22-17(28-5)23-16(25)21-13-8-7-9-14(10-13)24(18(26)27)19(2,3)4/h11,13-14H,6-10H2,1-5H3,(H,26,27)(H,21,22,23). The van der Waals surface area contributed by atoms with Gasteiger partial charge in [-0.05, 0) is 59.1 Å². The minimum absolute atomic E-state index is 0.00933. The molecule has 154 valence electrons. The van der Waals surface area contributed by atoms with Gasteiger partial charge in [0.1, 0.15) is 0 Å². The van der Waals surface area contributed by atoms with E-state index in [1.165, 1.54) is 11.8 Å². The summed E-state index contributed by atoms with van der Waals surface area (Å²) < 4.78 is 1.76. The van der Waals surface area contributed by atoms with Crippen molar-refractivity contribution in [3.05, 3.63) is 11.8 Å². The predicted molar refractivity (Wildman–Crippen MR) is 111 cm³/mol. The van der Waals surface area contributed by atoms with E-state index in [1.54, 1.807) is 9.42 Å². The van der Waals surface area contributed by atoms with Gasteiger partial charge >= 0.3 is 6.09 Å². The molecule has 2 atom stereocenters. The Morgan fingerprint density at radius 2 is 2.14 bits per heavy atom. The van der Waals surface area contributed by atoms with Crippen LogP contribution < -0.4 is 5.32 Å². The molecule has 2 aromatic heterocycles. The van der Waals surface area contributed by atoms with E-state index in [4.69, 9.17) is 0 Å². The summed E-state index contributed by atoms with van der Waals surface area (Å²) in [7, 11) is 0. The number of anilines is 1. The van der Waals surface area contributed by atoms with Gasteiger partial charge in [-0.15, -0.1) is 0 Å². The first-order valence-electron chi connectivity index (χ1n) is 9.82. The van der Waals surface area contributed by atoms with E-state index in [-0.39, 0.29) is 12.1 Å². The van der Waals surface area contributed by atoms with Gasteiger partial charge in [-0.25, -0.2) is 9.78 Å². The summed E-state index contributed by atoms with van der Waals surface area (Å²) >= 11 is 1.51. The number of hydrogen-bond acceptors (Lipinski definition) is 6. The Bertz CT molecular complexity index is 847. The molecule has 9 heteroatoms. The molecule has 0 radical (unpaired) electrons. The summed E-state index contributed by atoms with van der Waals surface area (Å²) in [6.07, 6.45) is 7.41. The molecule has 8 nitrogen and oxygen atoms in total. The molecule has 0 bridgehead atoms. The number of carbonyl (C=O) groups is 1. The lowest BCUT2D eigenvalue weighted by Crippen LogP contribution is -2.53. The zero-order chi connectivity index (χ0) is 20.5. The van der Waals surface area contributed by atoms with E-state index in [9.17, 15) is 9.90 Å². The third kappa shape index (κ3) is 4.19. The van der Waals surface area contributed by atoms with Crippen molar-refractivity contribution in [2.24, 2.45) is 0 Å². The van der Waals surface area contributed by atoms with Crippen molar-refractivity contribution in [3.63, 3.8) is 0 Å². The smallest absolute Gasteiger partial charge is 0.407 e. The molecule has 0 aromatic carbocycles. The van der Waals surface area contributed by atoms with Crippen molar-refractivity contribution in [2.75, 3.05) is 11.6 Å². The SMILES string of the molecule is CCc1cnn2c(NC3CCCC(N(C(=O)O)C(C)(C)C)C3)nc(SC)nc12. The highest BCUT2D eigenvalue weighted by Gasteiger charge is 2.36. The molecule has 1 amide bonds. The second-order valence-corrected chi connectivity index (χ2v) is 9.05. The number of amides is 1. The lowest BCUT2D eigenvalue weighted by atomic mass is 9.88. The van der Waals surface area contributed by atoms with Crippen LogP contribution in [-0.4, -0.2) is 59.6 Å². The van der Waals surface area contributed by atoms with Crippen molar-refractivity contribution in [1.29, 1.82) is 0 Å². The van der Waals surface area contributed by atoms with Crippen LogP contribution in [0.1, 0.15) is 58.9 Å². The summed E-state index contributed by atoms with van der Waals surface area (Å²) in [5.41, 5.74) is 1.50. The number of carboxylic acid groups (broad SMARTS) is 1. The third-order valence-electron chi connectivity index (χ3n) is 5.26. The van der Waals surface area contributed by atoms with Gasteiger partial charge in [0.05, 0.1) is 6.20 Å². The topological polar surface area (TPSA) is 95.7 Å². The van der Waals surface area contributed by atoms with Crippen LogP contribution in [0.4, 0.5) is 10.7 Å². The molecule has 2 heterocycles. The molecule has 2 aromatic rings. The average molecular weight is 407 g/mol. The Balaban J connectivity index is 1.85. The normalized spacial score (nSPS) is 20.3. The monoisotopic (exact) mass is 406 g/mol. The maximum atomic E-state index is 11.9. The molecule has 0 aliphatic heterocycles. The zero-order valence-corrected chi connectivity index (χ0v) is 18.1. The van der Waals surface area contributed by atoms with Gasteiger partial charge in [0.25, 0.3) is 0 Å². The molecular weight excluding hydrogens is 376 g/mol. The fraction of sp³-hybridized carbons (Fsp3) is 0.684. The number of hydrogen-bond donors (Lipinski definition) is 2. The van der Waals surface area contributed by atoms with Crippen molar-refractivity contribution in [3.8, 4) is 0 Å². The van der Waals surface area contributed by atoms with E-state index in [1.807, 2.05) is 33.2 Å². The van der Waals surface area contributed by atoms with Crippen molar-refractivity contribution >= 4 is 29.5 Å². The van der Waals surface area contributed by atoms with Crippen LogP contribution in [0.15, 0.2) is 11.4 Å². The summed E-state index contributed by atoms with van der Waals surface area (Å²) in [6.45, 7) is 7.94. The molecule has 1 fully saturated rings. The van der Waals surface area contributed by atoms with Crippen LogP contribution in [-0.2, 0) is 6.42 Å². The van der Waals surface area contributed by atoms with Crippen molar-refractivity contribution in [1.82, 2.24) is 24.5 Å². The Morgan fingerprint density at radius 1 is 1.39 bits per heavy atom. The predicted octanol–water partition coefficient (Wildman–Crippen LogP) is 3.91. The molecule has 0 saturated heterocycles. The second-order valence-electron chi connectivity index (χ2n) is 8.28. The van der Waals surface area contributed by atoms with Crippen molar-refractivity contribution in [2.45, 2.75) is 82.6 Å². The van der Waals surface area contributed by atoms with E-state index in [0.717, 1.165) is 43.3 Å². The fourth-order valence-corrected chi connectivity index (χ4v) is 4.40. The highest BCUT2D eigenvalue weighted by molar-refractivity contribution is 7.98. The minimum atomic E-state index is -0.855. The van der Waals surface area contributed by atoms with Crippen LogP contribution in [0.25, 0.3) is 5.65 Å². The molecule has 1 aliphatic rings. The van der Waals surface area contributed by atoms with Crippen LogP contribution in [0, 0.1) is 0 Å². The highest BCUT2D eigenvalue weighted by Crippen LogP contribution is 2.30. The van der Waals surface area contributed by atoms with Crippen LogP contribution in [0.5, 0.6) is 0 Å². The van der Waals surface area contributed by atoms with E-state index in [2.05, 4.69) is 27.3 Å². The van der Waals surface area contributed by atoms with Gasteiger partial charge in [-0.1, -0.05) is 18.7 Å². The first kappa shape index (κ1) is 20.7. The number of aromatic nitrogens is 4. The zero-order valence-electron chi connectivity index (χ0n) is 17.3. The average Bonchev–Trinajstić information content (AvgIpc) is 3.03. The Morgan fingerprint density at radius 3 is 2.75 bits per heavy atom. The summed E-state index contributed by atoms with van der Waals surface area (Å²) in [5, 5.41) is 18.4. The Kier molecular flexibility index (Phi) is 6.02. The minimum Gasteiger partial charge on any atom is -0.465 e. The molecule has 1 aliphatic carbocycles. The molecule has 2 N–H and O–H groups in total. The van der Waals surface area contributed by atoms with Gasteiger partial charge in [-0.3, -0.25) is 0 Å². The van der Waals surface area contributed by atoms with Gasteiger partial charge in [0, 0.05) is 23.2 Å². The van der Waals surface area contributed by atoms with Crippen molar-refractivity contribution < 1.29 is 9.90 Å². The number of aryl methyl sites for hydroxylation is 1. The molecule has 2 unspecified atom stereocenters. The lowest BCUT2D eigenvalue weighted by molar-refractivity contribution is 0.0551. The Hall–Kier alpha value is -2.03. The Labute approximate surface area is 170 Å². The number of rotatable bonds is 5. The van der Waals surface area contributed by atoms with Gasteiger partial charge in [0.2, 0.25) is 5.95 Å². The molecule has 28 heavy (non-hydrogen) atoms. The summed E-state index contributed by atoms with van der Waals surface area (Å²) in [6, 6.07) is 0.134. The number of thioether (sulfide) groups is 1. The van der Waals surface area contributed by atoms with Gasteiger partial charge in [0.15, 0.2) is 10.8 Å². The summed E-state index contributed by atoms with van der Waals surface area (Å²) in [5.74, 6) is 0.678. The maximum Gasteiger partial charge on any atom is 0.407 e. The van der Waals surface area contributed by atoms with Crippen LogP contribution >= 0.6 is 11.8 Å². The third-order valence-corrected chi connectivity index (χ3v) is 5.81. The van der Waals surface area contributed by atoms with E-state index in [0.29, 0.717) is 11.1 Å². The van der Waals surface area contributed by atoms with Crippen LogP contribution in [0.3, 0.4) is 0 Å². The van der Waals surface area contributed by atoms with Crippen LogP contribution in [0.2, 0.25) is 0 Å². The molecule has 0 spiro atoms. The number of nitrogens with one attached hydrogen (secondary N) is 1. The molecule has 1 saturated carbocycles. The highest BCUT2D eigenvalue weighted by atomic mass is 32.2. The second kappa shape index (κ2) is 8.14. The van der Waals surface area contributed by atoms with E-state index >= 15 is 0 Å². The maximum absolute atomic E-state index is 11.9. The first-order valence-corrected chi connectivity index (χ1v) is 11.0. The molecular formula is C19H30N6O2S. The quantitative estimate of drug-likeness (QED) is 0.727. The molecule has 3 rings (SSSR count). The van der Waals surface area contributed by atoms with E-state index < -0.39 is 11.6 Å². The fourth-order valence-electron chi connectivity index (χ4n) is 4.04. The van der Waals surface area contributed by atoms with Gasteiger partial charge in [-0.2, -0.15) is 14.6 Å². The largest absolute Gasteiger partial charge is 0.465 e.